The second kappa shape index (κ2) is 5.95. The Morgan fingerprint density at radius 3 is 2.70 bits per heavy atom. The molecule has 0 amide bonds. The van der Waals surface area contributed by atoms with Gasteiger partial charge in [0.2, 0.25) is 0 Å². The zero-order chi connectivity index (χ0) is 13.9. The number of hydrogen-bond acceptors (Lipinski definition) is 3. The number of nitrogens with zero attached hydrogens (tertiary/aromatic N) is 3. The molecule has 2 fully saturated rings. The molecule has 0 aromatic heterocycles. The van der Waals surface area contributed by atoms with Crippen molar-refractivity contribution in [3.63, 3.8) is 0 Å². The fourth-order valence-corrected chi connectivity index (χ4v) is 3.66. The van der Waals surface area contributed by atoms with Crippen molar-refractivity contribution in [3.05, 3.63) is 35.9 Å². The van der Waals surface area contributed by atoms with Gasteiger partial charge in [0, 0.05) is 26.2 Å². The van der Waals surface area contributed by atoms with Crippen LogP contribution in [0.5, 0.6) is 0 Å². The predicted molar refractivity (Wildman–Crippen MR) is 80.0 cm³/mol. The van der Waals surface area contributed by atoms with Crippen molar-refractivity contribution in [2.24, 2.45) is 11.8 Å². The number of piperidine rings is 1. The van der Waals surface area contributed by atoms with E-state index < -0.39 is 0 Å². The van der Waals surface area contributed by atoms with Gasteiger partial charge in [-0.1, -0.05) is 30.3 Å². The van der Waals surface area contributed by atoms with Crippen molar-refractivity contribution < 1.29 is 0 Å². The molecule has 0 aliphatic carbocycles. The van der Waals surface area contributed by atoms with E-state index in [-0.39, 0.29) is 6.04 Å². The van der Waals surface area contributed by atoms with E-state index in [0.29, 0.717) is 0 Å². The van der Waals surface area contributed by atoms with Crippen molar-refractivity contribution in [2.45, 2.75) is 25.9 Å². The number of fused-ring (bicyclic) bond motifs is 1. The Morgan fingerprint density at radius 2 is 1.95 bits per heavy atom. The zero-order valence-electron chi connectivity index (χ0n) is 12.2. The Kier molecular flexibility index (Phi) is 4.05. The molecule has 2 heterocycles. The third-order valence-corrected chi connectivity index (χ3v) is 4.90. The first-order valence-corrected chi connectivity index (χ1v) is 7.66. The smallest absolute Gasteiger partial charge is 0.0949 e. The van der Waals surface area contributed by atoms with Crippen molar-refractivity contribution >= 4 is 0 Å². The lowest BCUT2D eigenvalue weighted by Crippen LogP contribution is -2.39. The molecule has 2 aliphatic heterocycles. The first kappa shape index (κ1) is 13.6. The second-order valence-corrected chi connectivity index (χ2v) is 6.29. The predicted octanol–water partition coefficient (Wildman–Crippen LogP) is 2.35. The standard InChI is InChI=1S/C17H23N3/c1-14(9-18)20-12-16-7-8-19(11-17(16)13-20)10-15-5-3-2-4-6-15/h2-6,14,16-17H,7-8,10-13H2,1H3. The van der Waals surface area contributed by atoms with E-state index in [1.54, 1.807) is 0 Å². The Morgan fingerprint density at radius 1 is 1.20 bits per heavy atom. The van der Waals surface area contributed by atoms with Crippen LogP contribution in [0.3, 0.4) is 0 Å². The van der Waals surface area contributed by atoms with Gasteiger partial charge in [0.15, 0.2) is 0 Å². The minimum absolute atomic E-state index is 0.0724. The molecule has 20 heavy (non-hydrogen) atoms. The van der Waals surface area contributed by atoms with Crippen LogP contribution >= 0.6 is 0 Å². The molecule has 0 spiro atoms. The van der Waals surface area contributed by atoms with Gasteiger partial charge in [0.1, 0.15) is 0 Å². The molecule has 1 aromatic rings. The lowest BCUT2D eigenvalue weighted by atomic mass is 9.88. The topological polar surface area (TPSA) is 30.3 Å². The van der Waals surface area contributed by atoms with E-state index in [1.807, 2.05) is 6.92 Å². The number of hydrogen-bond donors (Lipinski definition) is 0. The summed E-state index contributed by atoms with van der Waals surface area (Å²) in [7, 11) is 0. The maximum absolute atomic E-state index is 9.07. The van der Waals surface area contributed by atoms with E-state index in [2.05, 4.69) is 46.2 Å². The fraction of sp³-hybridized carbons (Fsp3) is 0.588. The van der Waals surface area contributed by atoms with Gasteiger partial charge >= 0.3 is 0 Å². The summed E-state index contributed by atoms with van der Waals surface area (Å²) < 4.78 is 0. The molecule has 3 heteroatoms. The number of nitriles is 1. The molecule has 1 aromatic carbocycles. The Labute approximate surface area is 121 Å². The third-order valence-electron chi connectivity index (χ3n) is 4.90. The molecule has 3 unspecified atom stereocenters. The highest BCUT2D eigenvalue weighted by atomic mass is 15.2. The maximum Gasteiger partial charge on any atom is 0.0949 e. The molecule has 0 bridgehead atoms. The van der Waals surface area contributed by atoms with Gasteiger partial charge in [-0.25, -0.2) is 0 Å². The highest BCUT2D eigenvalue weighted by molar-refractivity contribution is 5.14. The average Bonchev–Trinajstić information content (AvgIpc) is 2.90. The van der Waals surface area contributed by atoms with Crippen LogP contribution in [0.15, 0.2) is 30.3 Å². The molecule has 2 saturated heterocycles. The lowest BCUT2D eigenvalue weighted by Gasteiger charge is -2.34. The van der Waals surface area contributed by atoms with Crippen LogP contribution in [-0.2, 0) is 6.54 Å². The molecular formula is C17H23N3. The first-order chi connectivity index (χ1) is 9.76. The van der Waals surface area contributed by atoms with E-state index in [1.165, 1.54) is 25.1 Å². The van der Waals surface area contributed by atoms with E-state index in [9.17, 15) is 0 Å². The number of likely N-dealkylation sites (tertiary alicyclic amines) is 2. The molecule has 106 valence electrons. The van der Waals surface area contributed by atoms with Crippen molar-refractivity contribution in [2.75, 3.05) is 26.2 Å². The van der Waals surface area contributed by atoms with Gasteiger partial charge in [0.25, 0.3) is 0 Å². The quantitative estimate of drug-likeness (QED) is 0.844. The number of benzene rings is 1. The summed E-state index contributed by atoms with van der Waals surface area (Å²) in [5.41, 5.74) is 1.41. The van der Waals surface area contributed by atoms with E-state index >= 15 is 0 Å². The molecule has 3 atom stereocenters. The summed E-state index contributed by atoms with van der Waals surface area (Å²) >= 11 is 0. The minimum atomic E-state index is 0.0724. The monoisotopic (exact) mass is 269 g/mol. The summed E-state index contributed by atoms with van der Waals surface area (Å²) in [6.07, 6.45) is 1.28. The van der Waals surface area contributed by atoms with E-state index in [0.717, 1.165) is 31.5 Å². The van der Waals surface area contributed by atoms with Crippen LogP contribution in [-0.4, -0.2) is 42.0 Å². The van der Waals surface area contributed by atoms with Crippen LogP contribution in [0.25, 0.3) is 0 Å². The van der Waals surface area contributed by atoms with Crippen molar-refractivity contribution in [1.82, 2.24) is 9.80 Å². The van der Waals surface area contributed by atoms with Crippen LogP contribution < -0.4 is 0 Å². The molecule has 0 radical (unpaired) electrons. The van der Waals surface area contributed by atoms with Crippen LogP contribution in [0.4, 0.5) is 0 Å². The molecule has 2 aliphatic rings. The van der Waals surface area contributed by atoms with Crippen molar-refractivity contribution in [3.8, 4) is 6.07 Å². The van der Waals surface area contributed by atoms with E-state index in [4.69, 9.17) is 5.26 Å². The summed E-state index contributed by atoms with van der Waals surface area (Å²) in [6.45, 7) is 7.71. The summed E-state index contributed by atoms with van der Waals surface area (Å²) in [5, 5.41) is 9.07. The Bertz CT molecular complexity index is 479. The fourth-order valence-electron chi connectivity index (χ4n) is 3.66. The van der Waals surface area contributed by atoms with Crippen LogP contribution in [0.2, 0.25) is 0 Å². The minimum Gasteiger partial charge on any atom is -0.299 e. The molecule has 0 saturated carbocycles. The second-order valence-electron chi connectivity index (χ2n) is 6.29. The van der Waals surface area contributed by atoms with Crippen LogP contribution in [0, 0.1) is 23.2 Å². The summed E-state index contributed by atoms with van der Waals surface area (Å²) in [6, 6.07) is 13.2. The largest absolute Gasteiger partial charge is 0.299 e. The molecule has 3 nitrogen and oxygen atoms in total. The van der Waals surface area contributed by atoms with Gasteiger partial charge in [-0.3, -0.25) is 9.80 Å². The zero-order valence-corrected chi connectivity index (χ0v) is 12.2. The molecule has 0 N–H and O–H groups in total. The molecular weight excluding hydrogens is 246 g/mol. The third kappa shape index (κ3) is 2.87. The van der Waals surface area contributed by atoms with Gasteiger partial charge in [-0.2, -0.15) is 5.26 Å². The number of rotatable bonds is 3. The maximum atomic E-state index is 9.07. The Hall–Kier alpha value is -1.37. The van der Waals surface area contributed by atoms with Gasteiger partial charge in [-0.15, -0.1) is 0 Å². The average molecular weight is 269 g/mol. The first-order valence-electron chi connectivity index (χ1n) is 7.66. The highest BCUT2D eigenvalue weighted by Crippen LogP contribution is 2.32. The van der Waals surface area contributed by atoms with Gasteiger partial charge in [0.05, 0.1) is 12.1 Å². The summed E-state index contributed by atoms with van der Waals surface area (Å²) in [5.74, 6) is 1.56. The normalized spacial score (nSPS) is 28.8. The SMILES string of the molecule is CC(C#N)N1CC2CCN(Cc3ccccc3)CC2C1. The van der Waals surface area contributed by atoms with Gasteiger partial charge in [-0.05, 0) is 37.3 Å². The molecule has 3 rings (SSSR count). The summed E-state index contributed by atoms with van der Waals surface area (Å²) in [4.78, 5) is 4.94. The lowest BCUT2D eigenvalue weighted by molar-refractivity contribution is 0.142. The van der Waals surface area contributed by atoms with Gasteiger partial charge < -0.3 is 0 Å². The highest BCUT2D eigenvalue weighted by Gasteiger charge is 2.38. The van der Waals surface area contributed by atoms with Crippen LogP contribution in [0.1, 0.15) is 18.9 Å². The van der Waals surface area contributed by atoms with Crippen molar-refractivity contribution in [1.29, 1.82) is 5.26 Å². The Balaban J connectivity index is 1.58.